The third kappa shape index (κ3) is 7.16. The highest BCUT2D eigenvalue weighted by molar-refractivity contribution is 6.03. The summed E-state index contributed by atoms with van der Waals surface area (Å²) in [4.78, 5) is 34.1. The Labute approximate surface area is 217 Å². The molecule has 1 heterocycles. The van der Waals surface area contributed by atoms with Crippen LogP contribution in [0.5, 0.6) is 0 Å². The average Bonchev–Trinajstić information content (AvgIpc) is 2.86. The lowest BCUT2D eigenvalue weighted by atomic mass is 9.87. The van der Waals surface area contributed by atoms with Crippen LogP contribution in [0.1, 0.15) is 90.3 Å². The van der Waals surface area contributed by atoms with Gasteiger partial charge in [0.25, 0.3) is 0 Å². The molecule has 196 valence electrons. The van der Waals surface area contributed by atoms with Crippen LogP contribution in [0.3, 0.4) is 0 Å². The number of hydrogen-bond acceptors (Lipinski definition) is 4. The van der Waals surface area contributed by atoms with Crippen LogP contribution in [-0.2, 0) is 15.0 Å². The number of aromatic nitrogens is 1. The number of nitrogens with one attached hydrogen (secondary N) is 2. The van der Waals surface area contributed by atoms with Crippen molar-refractivity contribution >= 4 is 17.5 Å². The van der Waals surface area contributed by atoms with Crippen LogP contribution >= 0.6 is 0 Å². The summed E-state index contributed by atoms with van der Waals surface area (Å²) >= 11 is 0. The number of nitrogens with zero attached hydrogens (tertiary/aromatic N) is 2. The third-order valence-electron chi connectivity index (χ3n) is 7.06. The van der Waals surface area contributed by atoms with E-state index in [1.807, 2.05) is 31.3 Å². The van der Waals surface area contributed by atoms with Gasteiger partial charge < -0.3 is 10.6 Å². The van der Waals surface area contributed by atoms with E-state index in [4.69, 9.17) is 0 Å². The second-order valence-corrected chi connectivity index (χ2v) is 11.5. The van der Waals surface area contributed by atoms with Crippen molar-refractivity contribution in [2.24, 2.45) is 5.92 Å². The van der Waals surface area contributed by atoms with Gasteiger partial charge in [0.15, 0.2) is 0 Å². The minimum absolute atomic E-state index is 0.0143. The van der Waals surface area contributed by atoms with Gasteiger partial charge in [-0.2, -0.15) is 0 Å². The van der Waals surface area contributed by atoms with Gasteiger partial charge in [-0.05, 0) is 61.4 Å². The molecule has 2 atom stereocenters. The van der Waals surface area contributed by atoms with Crippen LogP contribution in [0.25, 0.3) is 0 Å². The van der Waals surface area contributed by atoms with E-state index >= 15 is 0 Å². The molecule has 1 aromatic carbocycles. The van der Waals surface area contributed by atoms with Crippen LogP contribution in [0.4, 0.5) is 5.69 Å². The molecule has 3 rings (SSSR count). The zero-order valence-electron chi connectivity index (χ0n) is 22.9. The van der Waals surface area contributed by atoms with E-state index in [1.54, 1.807) is 17.3 Å². The number of carbonyl (C=O) groups is 2. The Bertz CT molecular complexity index is 976. The van der Waals surface area contributed by atoms with E-state index in [0.29, 0.717) is 23.6 Å². The van der Waals surface area contributed by atoms with Crippen molar-refractivity contribution in [2.75, 3.05) is 11.9 Å². The molecule has 2 unspecified atom stereocenters. The number of amides is 2. The van der Waals surface area contributed by atoms with E-state index in [1.165, 1.54) is 12.0 Å². The molecule has 0 spiro atoms. The van der Waals surface area contributed by atoms with Gasteiger partial charge in [0.2, 0.25) is 11.8 Å². The SMILES string of the molecule is CNC(CC(C)C)C(=O)N(c1ccc(C(C)(C)C)cc1)C(C(=O)NC1CCCCC1)c1cccnc1. The lowest BCUT2D eigenvalue weighted by Crippen LogP contribution is -2.52. The van der Waals surface area contributed by atoms with Crippen molar-refractivity contribution < 1.29 is 9.59 Å². The fraction of sp³-hybridized carbons (Fsp3) is 0.567. The molecule has 0 bridgehead atoms. The summed E-state index contributed by atoms with van der Waals surface area (Å²) in [6.45, 7) is 10.7. The van der Waals surface area contributed by atoms with Crippen molar-refractivity contribution in [2.45, 2.75) is 96.7 Å². The highest BCUT2D eigenvalue weighted by Crippen LogP contribution is 2.32. The Morgan fingerprint density at radius 3 is 2.25 bits per heavy atom. The van der Waals surface area contributed by atoms with E-state index in [-0.39, 0.29) is 23.3 Å². The van der Waals surface area contributed by atoms with Crippen molar-refractivity contribution in [1.82, 2.24) is 15.6 Å². The van der Waals surface area contributed by atoms with Gasteiger partial charge in [0.1, 0.15) is 6.04 Å². The maximum absolute atomic E-state index is 14.2. The van der Waals surface area contributed by atoms with Crippen molar-refractivity contribution in [1.29, 1.82) is 0 Å². The van der Waals surface area contributed by atoms with Gasteiger partial charge in [-0.1, -0.05) is 72.1 Å². The summed E-state index contributed by atoms with van der Waals surface area (Å²) in [6, 6.07) is 10.7. The lowest BCUT2D eigenvalue weighted by Gasteiger charge is -2.36. The first-order valence-corrected chi connectivity index (χ1v) is 13.4. The van der Waals surface area contributed by atoms with Gasteiger partial charge in [0, 0.05) is 29.7 Å². The lowest BCUT2D eigenvalue weighted by molar-refractivity contribution is -0.128. The van der Waals surface area contributed by atoms with Crippen molar-refractivity contribution in [3.8, 4) is 0 Å². The summed E-state index contributed by atoms with van der Waals surface area (Å²) in [6.07, 6.45) is 9.48. The third-order valence-corrected chi connectivity index (χ3v) is 7.06. The van der Waals surface area contributed by atoms with Crippen LogP contribution in [-0.4, -0.2) is 35.9 Å². The minimum atomic E-state index is -0.809. The second-order valence-electron chi connectivity index (χ2n) is 11.5. The quantitative estimate of drug-likeness (QED) is 0.482. The Morgan fingerprint density at radius 1 is 1.06 bits per heavy atom. The molecule has 0 radical (unpaired) electrons. The predicted octanol–water partition coefficient (Wildman–Crippen LogP) is 5.54. The summed E-state index contributed by atoms with van der Waals surface area (Å²) in [5.74, 6) is 0.0642. The first kappa shape index (κ1) is 27.9. The zero-order chi connectivity index (χ0) is 26.3. The Kier molecular flexibility index (Phi) is 9.66. The van der Waals surface area contributed by atoms with Gasteiger partial charge in [-0.15, -0.1) is 0 Å². The summed E-state index contributed by atoms with van der Waals surface area (Å²) in [5.41, 5.74) is 2.58. The van der Waals surface area contributed by atoms with Crippen molar-refractivity contribution in [3.63, 3.8) is 0 Å². The van der Waals surface area contributed by atoms with Gasteiger partial charge in [-0.25, -0.2) is 0 Å². The van der Waals surface area contributed by atoms with Crippen LogP contribution in [0.15, 0.2) is 48.8 Å². The number of hydrogen-bond donors (Lipinski definition) is 2. The second kappa shape index (κ2) is 12.5. The van der Waals surface area contributed by atoms with Crippen molar-refractivity contribution in [3.05, 3.63) is 59.9 Å². The molecule has 2 aromatic rings. The number of pyridine rings is 1. The van der Waals surface area contributed by atoms with Crippen LogP contribution in [0, 0.1) is 5.92 Å². The number of benzene rings is 1. The summed E-state index contributed by atoms with van der Waals surface area (Å²) in [5, 5.41) is 6.48. The first-order chi connectivity index (χ1) is 17.1. The molecule has 0 saturated heterocycles. The molecule has 1 fully saturated rings. The number of carbonyl (C=O) groups excluding carboxylic acids is 2. The predicted molar refractivity (Wildman–Crippen MR) is 147 cm³/mol. The molecular weight excluding hydrogens is 448 g/mol. The topological polar surface area (TPSA) is 74.3 Å². The van der Waals surface area contributed by atoms with E-state index in [0.717, 1.165) is 25.7 Å². The molecule has 6 nitrogen and oxygen atoms in total. The molecular formula is C30H44N4O2. The largest absolute Gasteiger partial charge is 0.351 e. The normalized spacial score (nSPS) is 16.4. The fourth-order valence-corrected chi connectivity index (χ4v) is 4.99. The molecule has 0 aliphatic heterocycles. The molecule has 1 aliphatic carbocycles. The fourth-order valence-electron chi connectivity index (χ4n) is 4.99. The monoisotopic (exact) mass is 492 g/mol. The number of likely N-dealkylation sites (N-methyl/N-ethyl adjacent to an activating group) is 1. The number of anilines is 1. The maximum atomic E-state index is 14.2. The summed E-state index contributed by atoms with van der Waals surface area (Å²) < 4.78 is 0. The molecule has 2 amide bonds. The molecule has 6 heteroatoms. The standard InChI is InChI=1S/C30H44N4O2/c1-21(2)19-26(31-6)29(36)34(25-16-14-23(15-17-25)30(3,4)5)27(22-11-10-18-32-20-22)28(35)33-24-12-8-7-9-13-24/h10-11,14-18,20-21,24,26-27,31H,7-9,12-13,19H2,1-6H3,(H,33,35). The zero-order valence-corrected chi connectivity index (χ0v) is 22.9. The van der Waals surface area contributed by atoms with Crippen LogP contribution in [0.2, 0.25) is 0 Å². The van der Waals surface area contributed by atoms with E-state index in [9.17, 15) is 9.59 Å². The van der Waals surface area contributed by atoms with Gasteiger partial charge >= 0.3 is 0 Å². The average molecular weight is 493 g/mol. The van der Waals surface area contributed by atoms with Gasteiger partial charge in [0.05, 0.1) is 6.04 Å². The molecule has 36 heavy (non-hydrogen) atoms. The maximum Gasteiger partial charge on any atom is 0.248 e. The summed E-state index contributed by atoms with van der Waals surface area (Å²) in [7, 11) is 1.81. The first-order valence-electron chi connectivity index (χ1n) is 13.4. The molecule has 1 saturated carbocycles. The molecule has 1 aromatic heterocycles. The van der Waals surface area contributed by atoms with Crippen LogP contribution < -0.4 is 15.5 Å². The molecule has 2 N–H and O–H groups in total. The minimum Gasteiger partial charge on any atom is -0.351 e. The smallest absolute Gasteiger partial charge is 0.248 e. The Hall–Kier alpha value is -2.73. The molecule has 1 aliphatic rings. The number of rotatable bonds is 9. The Balaban J connectivity index is 2.08. The highest BCUT2D eigenvalue weighted by atomic mass is 16.2. The van der Waals surface area contributed by atoms with E-state index in [2.05, 4.69) is 62.4 Å². The highest BCUT2D eigenvalue weighted by Gasteiger charge is 2.37. The van der Waals surface area contributed by atoms with E-state index < -0.39 is 12.1 Å². The Morgan fingerprint density at radius 2 is 1.72 bits per heavy atom. The van der Waals surface area contributed by atoms with Gasteiger partial charge in [-0.3, -0.25) is 19.5 Å².